The molecule has 70 valence electrons. The molecule has 0 N–H and O–H groups in total. The van der Waals surface area contributed by atoms with Gasteiger partial charge >= 0.3 is 0 Å². The molecule has 1 aliphatic heterocycles. The van der Waals surface area contributed by atoms with Crippen molar-refractivity contribution in [1.82, 2.24) is 0 Å². The first-order chi connectivity index (χ1) is 5.57. The number of rotatable bonds is 0. The Morgan fingerprint density at radius 2 is 1.75 bits per heavy atom. The minimum atomic E-state index is -2.65. The maximum Gasteiger partial charge on any atom is 0.150 e. The maximum atomic E-state index is 11.3. The van der Waals surface area contributed by atoms with Crippen LogP contribution in [0.1, 0.15) is 26.2 Å². The normalized spacial score (nSPS) is 45.6. The van der Waals surface area contributed by atoms with E-state index in [9.17, 15) is 8.42 Å². The minimum absolute atomic E-state index is 0.474. The van der Waals surface area contributed by atoms with Crippen LogP contribution in [0.3, 0.4) is 0 Å². The number of sulfone groups is 1. The number of fused-ring (bicyclic) bond motifs is 1. The molecule has 1 saturated heterocycles. The zero-order chi connectivity index (χ0) is 8.77. The van der Waals surface area contributed by atoms with Gasteiger partial charge in [-0.05, 0) is 30.6 Å². The quantitative estimate of drug-likeness (QED) is 0.577. The van der Waals surface area contributed by atoms with Gasteiger partial charge in [0.1, 0.15) is 0 Å². The largest absolute Gasteiger partial charge is 0.229 e. The highest BCUT2D eigenvalue weighted by Gasteiger charge is 2.40. The summed E-state index contributed by atoms with van der Waals surface area (Å²) in [7, 11) is -2.65. The van der Waals surface area contributed by atoms with Crippen molar-refractivity contribution in [1.29, 1.82) is 0 Å². The standard InChI is InChI=1S/C9H16O2S/c1-7-2-3-8-5-12(10,11)6-9(8)4-7/h7-9H,2-6H2,1H3. The molecule has 2 nitrogen and oxygen atoms in total. The van der Waals surface area contributed by atoms with Gasteiger partial charge in [-0.2, -0.15) is 0 Å². The van der Waals surface area contributed by atoms with E-state index in [1.807, 2.05) is 0 Å². The maximum absolute atomic E-state index is 11.3. The van der Waals surface area contributed by atoms with E-state index in [4.69, 9.17) is 0 Å². The smallest absolute Gasteiger partial charge is 0.150 e. The Hall–Kier alpha value is -0.0500. The Labute approximate surface area is 74.3 Å². The van der Waals surface area contributed by atoms with Crippen LogP contribution in [-0.2, 0) is 9.84 Å². The first kappa shape index (κ1) is 8.54. The Balaban J connectivity index is 2.12. The summed E-state index contributed by atoms with van der Waals surface area (Å²) < 4.78 is 22.6. The summed E-state index contributed by atoms with van der Waals surface area (Å²) >= 11 is 0. The first-order valence-corrected chi connectivity index (χ1v) is 6.59. The van der Waals surface area contributed by atoms with Crippen LogP contribution < -0.4 is 0 Å². The first-order valence-electron chi connectivity index (χ1n) is 4.77. The molecule has 0 aromatic carbocycles. The lowest BCUT2D eigenvalue weighted by Gasteiger charge is -2.28. The molecule has 0 spiro atoms. The zero-order valence-corrected chi connectivity index (χ0v) is 8.31. The molecule has 3 heteroatoms. The lowest BCUT2D eigenvalue weighted by Crippen LogP contribution is -2.21. The highest BCUT2D eigenvalue weighted by Crippen LogP contribution is 2.39. The molecule has 12 heavy (non-hydrogen) atoms. The van der Waals surface area contributed by atoms with E-state index < -0.39 is 9.84 Å². The Morgan fingerprint density at radius 3 is 2.50 bits per heavy atom. The molecule has 2 fully saturated rings. The van der Waals surface area contributed by atoms with Crippen LogP contribution in [0.25, 0.3) is 0 Å². The van der Waals surface area contributed by atoms with Crippen molar-refractivity contribution >= 4 is 9.84 Å². The van der Waals surface area contributed by atoms with E-state index in [2.05, 4.69) is 6.92 Å². The van der Waals surface area contributed by atoms with E-state index in [-0.39, 0.29) is 0 Å². The third-order valence-electron chi connectivity index (χ3n) is 3.34. The summed E-state index contributed by atoms with van der Waals surface area (Å²) in [6.07, 6.45) is 3.52. The molecule has 1 heterocycles. The van der Waals surface area contributed by atoms with E-state index in [0.29, 0.717) is 23.3 Å². The lowest BCUT2D eigenvalue weighted by atomic mass is 9.77. The fraction of sp³-hybridized carbons (Fsp3) is 1.00. The van der Waals surface area contributed by atoms with Gasteiger partial charge in [-0.25, -0.2) is 8.42 Å². The third kappa shape index (κ3) is 1.51. The molecule has 2 aliphatic rings. The predicted molar refractivity (Wildman–Crippen MR) is 48.6 cm³/mol. The molecule has 2 rings (SSSR count). The van der Waals surface area contributed by atoms with Gasteiger partial charge < -0.3 is 0 Å². The fourth-order valence-electron chi connectivity index (χ4n) is 2.71. The summed E-state index contributed by atoms with van der Waals surface area (Å²) in [6, 6.07) is 0. The van der Waals surface area contributed by atoms with Gasteiger partial charge in [0.15, 0.2) is 9.84 Å². The zero-order valence-electron chi connectivity index (χ0n) is 7.49. The molecule has 0 radical (unpaired) electrons. The van der Waals surface area contributed by atoms with Crippen LogP contribution in [0.5, 0.6) is 0 Å². The van der Waals surface area contributed by atoms with Gasteiger partial charge in [-0.1, -0.05) is 13.3 Å². The van der Waals surface area contributed by atoms with Crippen molar-refractivity contribution in [2.24, 2.45) is 17.8 Å². The Bertz CT molecular complexity index is 268. The SMILES string of the molecule is CC1CCC2CS(=O)(=O)CC2C1. The Morgan fingerprint density at radius 1 is 1.08 bits per heavy atom. The molecule has 0 aromatic heterocycles. The Kier molecular flexibility index (Phi) is 1.94. The number of hydrogen-bond acceptors (Lipinski definition) is 2. The highest BCUT2D eigenvalue weighted by molar-refractivity contribution is 7.91. The summed E-state index contributed by atoms with van der Waals surface area (Å²) in [5, 5.41) is 0. The molecule has 1 saturated carbocycles. The van der Waals surface area contributed by atoms with Gasteiger partial charge in [0.05, 0.1) is 11.5 Å². The summed E-state index contributed by atoms with van der Waals surface area (Å²) in [6.45, 7) is 2.24. The van der Waals surface area contributed by atoms with Crippen molar-refractivity contribution in [3.63, 3.8) is 0 Å². The van der Waals surface area contributed by atoms with Crippen LogP contribution in [0.15, 0.2) is 0 Å². The number of hydrogen-bond donors (Lipinski definition) is 0. The molecule has 3 atom stereocenters. The van der Waals surface area contributed by atoms with Gasteiger partial charge in [-0.15, -0.1) is 0 Å². The van der Waals surface area contributed by atoms with E-state index in [0.717, 1.165) is 18.8 Å². The molecule has 0 amide bonds. The van der Waals surface area contributed by atoms with Gasteiger partial charge in [0, 0.05) is 0 Å². The summed E-state index contributed by atoms with van der Waals surface area (Å²) in [5.74, 6) is 2.70. The van der Waals surface area contributed by atoms with E-state index in [1.54, 1.807) is 0 Å². The van der Waals surface area contributed by atoms with Crippen molar-refractivity contribution in [3.8, 4) is 0 Å². The second-order valence-corrected chi connectivity index (χ2v) is 6.67. The summed E-state index contributed by atoms with van der Waals surface area (Å²) in [4.78, 5) is 0. The summed E-state index contributed by atoms with van der Waals surface area (Å²) in [5.41, 5.74) is 0. The van der Waals surface area contributed by atoms with E-state index in [1.165, 1.54) is 6.42 Å². The van der Waals surface area contributed by atoms with Gasteiger partial charge in [0.2, 0.25) is 0 Å². The second kappa shape index (κ2) is 2.72. The van der Waals surface area contributed by atoms with Gasteiger partial charge in [-0.3, -0.25) is 0 Å². The molecule has 1 aliphatic carbocycles. The van der Waals surface area contributed by atoms with Crippen LogP contribution in [-0.4, -0.2) is 19.9 Å². The van der Waals surface area contributed by atoms with Crippen LogP contribution in [0.2, 0.25) is 0 Å². The topological polar surface area (TPSA) is 34.1 Å². The van der Waals surface area contributed by atoms with Gasteiger partial charge in [0.25, 0.3) is 0 Å². The average Bonchev–Trinajstić information content (AvgIpc) is 2.21. The molecule has 0 bridgehead atoms. The highest BCUT2D eigenvalue weighted by atomic mass is 32.2. The van der Waals surface area contributed by atoms with Crippen LogP contribution >= 0.6 is 0 Å². The minimum Gasteiger partial charge on any atom is -0.229 e. The van der Waals surface area contributed by atoms with Crippen molar-refractivity contribution in [3.05, 3.63) is 0 Å². The van der Waals surface area contributed by atoms with Crippen LogP contribution in [0.4, 0.5) is 0 Å². The average molecular weight is 188 g/mol. The predicted octanol–water partition coefficient (Wildman–Crippen LogP) is 1.47. The van der Waals surface area contributed by atoms with Crippen molar-refractivity contribution in [2.75, 3.05) is 11.5 Å². The molecule has 3 unspecified atom stereocenters. The molecular weight excluding hydrogens is 172 g/mol. The van der Waals surface area contributed by atoms with Crippen molar-refractivity contribution in [2.45, 2.75) is 26.2 Å². The van der Waals surface area contributed by atoms with E-state index >= 15 is 0 Å². The lowest BCUT2D eigenvalue weighted by molar-refractivity contribution is 0.238. The van der Waals surface area contributed by atoms with Crippen molar-refractivity contribution < 1.29 is 8.42 Å². The second-order valence-electron chi connectivity index (χ2n) is 4.52. The molecule has 0 aromatic rings. The van der Waals surface area contributed by atoms with Crippen LogP contribution in [0, 0.1) is 17.8 Å². The third-order valence-corrected chi connectivity index (χ3v) is 5.21. The molecular formula is C9H16O2S. The monoisotopic (exact) mass is 188 g/mol. The fourth-order valence-corrected chi connectivity index (χ4v) is 4.99.